The molecule has 0 aliphatic carbocycles. The molecule has 1 aromatic heterocycles. The zero-order chi connectivity index (χ0) is 18.0. The predicted molar refractivity (Wildman–Crippen MR) is 99.5 cm³/mol. The monoisotopic (exact) mass is 353 g/mol. The lowest BCUT2D eigenvalue weighted by atomic mass is 10.0. The number of ether oxygens (including phenoxy) is 2. The SMILES string of the molecule is Cc1cccc(NC(=O)c2cc(N3CCC4(CC3)OCCO4)ccn2)c1. The highest BCUT2D eigenvalue weighted by Gasteiger charge is 2.39. The zero-order valence-electron chi connectivity index (χ0n) is 14.9. The van der Waals surface area contributed by atoms with Gasteiger partial charge in [-0.3, -0.25) is 9.78 Å². The number of rotatable bonds is 3. The molecule has 3 heterocycles. The number of piperidine rings is 1. The summed E-state index contributed by atoms with van der Waals surface area (Å²) in [7, 11) is 0. The van der Waals surface area contributed by atoms with Gasteiger partial charge >= 0.3 is 0 Å². The van der Waals surface area contributed by atoms with Crippen LogP contribution >= 0.6 is 0 Å². The molecule has 6 heteroatoms. The third kappa shape index (κ3) is 3.57. The Bertz CT molecular complexity index is 792. The quantitative estimate of drug-likeness (QED) is 0.919. The van der Waals surface area contributed by atoms with Gasteiger partial charge in [-0.1, -0.05) is 12.1 Å². The lowest BCUT2D eigenvalue weighted by Crippen LogP contribution is -2.45. The van der Waals surface area contributed by atoms with E-state index in [1.54, 1.807) is 6.20 Å². The average molecular weight is 353 g/mol. The van der Waals surface area contributed by atoms with Crippen molar-refractivity contribution in [3.8, 4) is 0 Å². The van der Waals surface area contributed by atoms with Gasteiger partial charge in [-0.2, -0.15) is 0 Å². The molecule has 0 unspecified atom stereocenters. The molecule has 2 aliphatic rings. The standard InChI is InChI=1S/C20H23N3O3/c1-15-3-2-4-16(13-15)22-19(24)18-14-17(5-8-21-18)23-9-6-20(7-10-23)25-11-12-26-20/h2-5,8,13-14H,6-7,9-12H2,1H3,(H,22,24). The molecular weight excluding hydrogens is 330 g/mol. The van der Waals surface area contributed by atoms with E-state index in [1.807, 2.05) is 43.3 Å². The molecule has 0 saturated carbocycles. The molecule has 1 spiro atoms. The maximum absolute atomic E-state index is 12.5. The Morgan fingerprint density at radius 1 is 1.15 bits per heavy atom. The van der Waals surface area contributed by atoms with Crippen molar-refractivity contribution in [2.75, 3.05) is 36.5 Å². The Morgan fingerprint density at radius 2 is 1.92 bits per heavy atom. The molecule has 0 atom stereocenters. The summed E-state index contributed by atoms with van der Waals surface area (Å²) in [4.78, 5) is 19.0. The molecule has 26 heavy (non-hydrogen) atoms. The van der Waals surface area contributed by atoms with E-state index in [-0.39, 0.29) is 5.91 Å². The number of nitrogens with zero attached hydrogens (tertiary/aromatic N) is 2. The van der Waals surface area contributed by atoms with Crippen molar-refractivity contribution in [1.82, 2.24) is 4.98 Å². The number of pyridine rings is 1. The maximum Gasteiger partial charge on any atom is 0.274 e. The Hall–Kier alpha value is -2.44. The van der Waals surface area contributed by atoms with Crippen LogP contribution in [0.2, 0.25) is 0 Å². The van der Waals surface area contributed by atoms with E-state index >= 15 is 0 Å². The number of aryl methyl sites for hydroxylation is 1. The molecule has 0 radical (unpaired) electrons. The van der Waals surface area contributed by atoms with Crippen LogP contribution in [0.5, 0.6) is 0 Å². The average Bonchev–Trinajstić information content (AvgIpc) is 3.10. The van der Waals surface area contributed by atoms with E-state index in [2.05, 4.69) is 15.2 Å². The van der Waals surface area contributed by atoms with Crippen LogP contribution in [0.25, 0.3) is 0 Å². The molecule has 1 aromatic carbocycles. The topological polar surface area (TPSA) is 63.7 Å². The summed E-state index contributed by atoms with van der Waals surface area (Å²) in [5.41, 5.74) is 3.29. The minimum Gasteiger partial charge on any atom is -0.371 e. The van der Waals surface area contributed by atoms with Crippen molar-refractivity contribution in [3.63, 3.8) is 0 Å². The molecule has 2 saturated heterocycles. The van der Waals surface area contributed by atoms with E-state index in [9.17, 15) is 4.79 Å². The van der Waals surface area contributed by atoms with Gasteiger partial charge in [-0.25, -0.2) is 0 Å². The first kappa shape index (κ1) is 17.0. The van der Waals surface area contributed by atoms with Gasteiger partial charge in [0, 0.05) is 43.5 Å². The number of amides is 1. The molecule has 1 amide bonds. The molecule has 2 aromatic rings. The summed E-state index contributed by atoms with van der Waals surface area (Å²) in [5.74, 6) is -0.595. The maximum atomic E-state index is 12.5. The second-order valence-corrected chi connectivity index (χ2v) is 6.82. The molecule has 1 N–H and O–H groups in total. The fourth-order valence-corrected chi connectivity index (χ4v) is 3.55. The van der Waals surface area contributed by atoms with Crippen molar-refractivity contribution in [2.24, 2.45) is 0 Å². The first-order valence-corrected chi connectivity index (χ1v) is 9.01. The van der Waals surface area contributed by atoms with E-state index in [4.69, 9.17) is 9.47 Å². The number of hydrogen-bond acceptors (Lipinski definition) is 5. The lowest BCUT2D eigenvalue weighted by Gasteiger charge is -2.38. The van der Waals surface area contributed by atoms with Crippen LogP contribution in [0.4, 0.5) is 11.4 Å². The van der Waals surface area contributed by atoms with Gasteiger partial charge in [0.05, 0.1) is 13.2 Å². The highest BCUT2D eigenvalue weighted by molar-refractivity contribution is 6.03. The normalized spacial score (nSPS) is 18.9. The van der Waals surface area contributed by atoms with Crippen LogP contribution in [-0.4, -0.2) is 43.0 Å². The van der Waals surface area contributed by atoms with E-state index in [1.165, 1.54) is 0 Å². The van der Waals surface area contributed by atoms with Crippen LogP contribution in [0, 0.1) is 6.92 Å². The molecular formula is C20H23N3O3. The summed E-state index contributed by atoms with van der Waals surface area (Å²) in [6, 6.07) is 11.5. The third-order valence-corrected chi connectivity index (χ3v) is 4.96. The van der Waals surface area contributed by atoms with Gasteiger partial charge in [-0.05, 0) is 36.8 Å². The van der Waals surface area contributed by atoms with Gasteiger partial charge in [0.15, 0.2) is 5.79 Å². The Kier molecular flexibility index (Phi) is 4.61. The van der Waals surface area contributed by atoms with Crippen molar-refractivity contribution in [2.45, 2.75) is 25.6 Å². The van der Waals surface area contributed by atoms with Crippen LogP contribution in [0.1, 0.15) is 28.9 Å². The Labute approximate surface area is 153 Å². The van der Waals surface area contributed by atoms with Crippen molar-refractivity contribution in [1.29, 1.82) is 0 Å². The van der Waals surface area contributed by atoms with E-state index in [0.717, 1.165) is 42.9 Å². The fourth-order valence-electron chi connectivity index (χ4n) is 3.55. The zero-order valence-corrected chi connectivity index (χ0v) is 14.9. The minimum absolute atomic E-state index is 0.201. The van der Waals surface area contributed by atoms with Gasteiger partial charge in [-0.15, -0.1) is 0 Å². The first-order valence-electron chi connectivity index (χ1n) is 9.01. The number of aromatic nitrogens is 1. The van der Waals surface area contributed by atoms with E-state index in [0.29, 0.717) is 18.9 Å². The van der Waals surface area contributed by atoms with Gasteiger partial charge in [0.25, 0.3) is 5.91 Å². The fraction of sp³-hybridized carbons (Fsp3) is 0.400. The van der Waals surface area contributed by atoms with Crippen molar-refractivity contribution < 1.29 is 14.3 Å². The van der Waals surface area contributed by atoms with Gasteiger partial charge < -0.3 is 19.7 Å². The summed E-state index contributed by atoms with van der Waals surface area (Å²) < 4.78 is 11.6. The highest BCUT2D eigenvalue weighted by Crippen LogP contribution is 2.33. The summed E-state index contributed by atoms with van der Waals surface area (Å²) in [6.45, 7) is 5.03. The molecule has 136 valence electrons. The lowest BCUT2D eigenvalue weighted by molar-refractivity contribution is -0.169. The number of anilines is 2. The van der Waals surface area contributed by atoms with Crippen molar-refractivity contribution >= 4 is 17.3 Å². The van der Waals surface area contributed by atoms with Crippen LogP contribution in [0.15, 0.2) is 42.6 Å². The van der Waals surface area contributed by atoms with Crippen LogP contribution < -0.4 is 10.2 Å². The smallest absolute Gasteiger partial charge is 0.274 e. The minimum atomic E-state index is -0.394. The summed E-state index contributed by atoms with van der Waals surface area (Å²) in [5, 5.41) is 2.91. The number of carbonyl (C=O) groups is 1. The second kappa shape index (κ2) is 7.05. The summed E-state index contributed by atoms with van der Waals surface area (Å²) >= 11 is 0. The number of benzene rings is 1. The van der Waals surface area contributed by atoms with Gasteiger partial charge in [0.2, 0.25) is 0 Å². The molecule has 0 bridgehead atoms. The number of hydrogen-bond donors (Lipinski definition) is 1. The molecule has 2 aliphatic heterocycles. The summed E-state index contributed by atoms with van der Waals surface area (Å²) in [6.07, 6.45) is 3.35. The van der Waals surface area contributed by atoms with Gasteiger partial charge in [0.1, 0.15) is 5.69 Å². The highest BCUT2D eigenvalue weighted by atomic mass is 16.7. The van der Waals surface area contributed by atoms with Crippen LogP contribution in [-0.2, 0) is 9.47 Å². The first-order chi connectivity index (χ1) is 12.6. The van der Waals surface area contributed by atoms with Crippen LogP contribution in [0.3, 0.4) is 0 Å². The third-order valence-electron chi connectivity index (χ3n) is 4.96. The number of nitrogens with one attached hydrogen (secondary N) is 1. The molecule has 4 rings (SSSR count). The van der Waals surface area contributed by atoms with E-state index < -0.39 is 5.79 Å². The number of carbonyl (C=O) groups excluding carboxylic acids is 1. The Morgan fingerprint density at radius 3 is 2.65 bits per heavy atom. The van der Waals surface area contributed by atoms with Crippen molar-refractivity contribution in [3.05, 3.63) is 53.9 Å². The second-order valence-electron chi connectivity index (χ2n) is 6.82. The largest absolute Gasteiger partial charge is 0.371 e. The molecule has 6 nitrogen and oxygen atoms in total. The Balaban J connectivity index is 1.44. The predicted octanol–water partition coefficient (Wildman–Crippen LogP) is 2.99. The molecule has 2 fully saturated rings.